The van der Waals surface area contributed by atoms with Crippen LogP contribution in [0.4, 0.5) is 0 Å². The van der Waals surface area contributed by atoms with Gasteiger partial charge in [-0.1, -0.05) is 6.07 Å². The number of aliphatic carboxylic acids is 1. The van der Waals surface area contributed by atoms with E-state index in [0.29, 0.717) is 25.1 Å². The van der Waals surface area contributed by atoms with Crippen molar-refractivity contribution in [2.45, 2.75) is 19.4 Å². The van der Waals surface area contributed by atoms with Crippen molar-refractivity contribution in [2.24, 2.45) is 5.92 Å². The molecule has 7 heteroatoms. The number of nitrogens with zero attached hydrogens (tertiary/aromatic N) is 2. The Morgan fingerprint density at radius 3 is 2.83 bits per heavy atom. The molecule has 0 aliphatic carbocycles. The Bertz CT molecular complexity index is 807. The molecule has 1 amide bonds. The Morgan fingerprint density at radius 2 is 2.08 bits per heavy atom. The molecule has 0 aromatic carbocycles. The van der Waals surface area contributed by atoms with Gasteiger partial charge in [0, 0.05) is 25.4 Å². The molecule has 0 spiro atoms. The third kappa shape index (κ3) is 3.40. The topological polar surface area (TPSA) is 92.8 Å². The molecule has 1 N–H and O–H groups in total. The van der Waals surface area contributed by atoms with Crippen LogP contribution in [0, 0.1) is 5.92 Å². The molecule has 0 unspecified atom stereocenters. The smallest absolute Gasteiger partial charge is 0.308 e. The van der Waals surface area contributed by atoms with E-state index in [1.807, 2.05) is 0 Å². The summed E-state index contributed by atoms with van der Waals surface area (Å²) in [6.45, 7) is 0.962. The van der Waals surface area contributed by atoms with E-state index < -0.39 is 11.9 Å². The Balaban J connectivity index is 1.71. The fourth-order valence-corrected chi connectivity index (χ4v) is 2.86. The SMILES string of the molecule is O=C(O)[C@@H]1CCCN(C(=O)c2ccc(Cn3ccccc3=O)o2)C1. The summed E-state index contributed by atoms with van der Waals surface area (Å²) in [7, 11) is 0. The summed E-state index contributed by atoms with van der Waals surface area (Å²) in [5, 5.41) is 9.11. The quantitative estimate of drug-likeness (QED) is 0.915. The molecular weight excluding hydrogens is 312 g/mol. The molecule has 0 radical (unpaired) electrons. The van der Waals surface area contributed by atoms with Gasteiger partial charge in [-0.2, -0.15) is 0 Å². The minimum atomic E-state index is -0.879. The summed E-state index contributed by atoms with van der Waals surface area (Å²) in [5.74, 6) is -1.05. The van der Waals surface area contributed by atoms with Gasteiger partial charge < -0.3 is 19.0 Å². The Labute approximate surface area is 138 Å². The molecule has 126 valence electrons. The van der Waals surface area contributed by atoms with Crippen molar-refractivity contribution < 1.29 is 19.1 Å². The van der Waals surface area contributed by atoms with Crippen LogP contribution in [-0.4, -0.2) is 39.5 Å². The van der Waals surface area contributed by atoms with E-state index in [4.69, 9.17) is 9.52 Å². The fraction of sp³-hybridized carbons (Fsp3) is 0.353. The van der Waals surface area contributed by atoms with Crippen molar-refractivity contribution in [3.63, 3.8) is 0 Å². The van der Waals surface area contributed by atoms with Crippen molar-refractivity contribution in [3.8, 4) is 0 Å². The van der Waals surface area contributed by atoms with E-state index in [1.165, 1.54) is 15.5 Å². The monoisotopic (exact) mass is 330 g/mol. The van der Waals surface area contributed by atoms with Crippen molar-refractivity contribution in [3.05, 3.63) is 58.4 Å². The molecule has 0 bridgehead atoms. The van der Waals surface area contributed by atoms with Crippen LogP contribution >= 0.6 is 0 Å². The molecular formula is C17H18N2O5. The highest BCUT2D eigenvalue weighted by Crippen LogP contribution is 2.20. The average molecular weight is 330 g/mol. The van der Waals surface area contributed by atoms with Gasteiger partial charge in [0.2, 0.25) is 0 Å². The lowest BCUT2D eigenvalue weighted by Crippen LogP contribution is -2.42. The summed E-state index contributed by atoms with van der Waals surface area (Å²) in [5.41, 5.74) is -0.151. The number of carboxylic acid groups (broad SMARTS) is 1. The van der Waals surface area contributed by atoms with Crippen LogP contribution in [0.15, 0.2) is 45.7 Å². The van der Waals surface area contributed by atoms with Crippen molar-refractivity contribution in [2.75, 3.05) is 13.1 Å². The molecule has 3 rings (SSSR count). The number of furan rings is 1. The normalized spacial score (nSPS) is 17.7. The number of amides is 1. The number of aromatic nitrogens is 1. The molecule has 2 aromatic heterocycles. The standard InChI is InChI=1S/C17H18N2O5/c20-15-5-1-2-8-18(15)11-13-6-7-14(24-13)16(21)19-9-3-4-12(10-19)17(22)23/h1-2,5-8,12H,3-4,9-11H2,(H,22,23)/t12-/m1/s1. The minimum absolute atomic E-state index is 0.151. The number of likely N-dealkylation sites (tertiary alicyclic amines) is 1. The van der Waals surface area contributed by atoms with Crippen LogP contribution in [0.1, 0.15) is 29.2 Å². The molecule has 24 heavy (non-hydrogen) atoms. The first-order valence-corrected chi connectivity index (χ1v) is 7.81. The number of rotatable bonds is 4. The van der Waals surface area contributed by atoms with Crippen LogP contribution in [0.5, 0.6) is 0 Å². The predicted molar refractivity (Wildman–Crippen MR) is 84.8 cm³/mol. The third-order valence-electron chi connectivity index (χ3n) is 4.16. The van der Waals surface area contributed by atoms with Crippen molar-refractivity contribution in [1.82, 2.24) is 9.47 Å². The van der Waals surface area contributed by atoms with Gasteiger partial charge in [0.1, 0.15) is 5.76 Å². The number of carbonyl (C=O) groups is 2. The summed E-state index contributed by atoms with van der Waals surface area (Å²) in [6, 6.07) is 8.08. The third-order valence-corrected chi connectivity index (χ3v) is 4.16. The number of hydrogen-bond donors (Lipinski definition) is 1. The highest BCUT2D eigenvalue weighted by atomic mass is 16.4. The van der Waals surface area contributed by atoms with Gasteiger partial charge in [-0.05, 0) is 31.0 Å². The first-order valence-electron chi connectivity index (χ1n) is 7.81. The lowest BCUT2D eigenvalue weighted by molar-refractivity contribution is -0.143. The van der Waals surface area contributed by atoms with Crippen LogP contribution < -0.4 is 5.56 Å². The van der Waals surface area contributed by atoms with E-state index in [1.54, 1.807) is 30.5 Å². The average Bonchev–Trinajstić information content (AvgIpc) is 3.05. The largest absolute Gasteiger partial charge is 0.481 e. The molecule has 1 fully saturated rings. The minimum Gasteiger partial charge on any atom is -0.481 e. The first kappa shape index (κ1) is 16.0. The van der Waals surface area contributed by atoms with E-state index >= 15 is 0 Å². The molecule has 1 aliphatic rings. The maximum Gasteiger partial charge on any atom is 0.308 e. The van der Waals surface area contributed by atoms with Crippen molar-refractivity contribution in [1.29, 1.82) is 0 Å². The van der Waals surface area contributed by atoms with Gasteiger partial charge >= 0.3 is 5.97 Å². The second-order valence-electron chi connectivity index (χ2n) is 5.86. The zero-order chi connectivity index (χ0) is 17.1. The zero-order valence-corrected chi connectivity index (χ0v) is 13.1. The lowest BCUT2D eigenvalue weighted by atomic mass is 9.98. The molecule has 1 saturated heterocycles. The van der Waals surface area contributed by atoms with Gasteiger partial charge in [0.15, 0.2) is 5.76 Å². The van der Waals surface area contributed by atoms with E-state index in [-0.39, 0.29) is 30.3 Å². The molecule has 3 heterocycles. The maximum absolute atomic E-state index is 12.5. The number of carbonyl (C=O) groups excluding carboxylic acids is 1. The number of carboxylic acids is 1. The summed E-state index contributed by atoms with van der Waals surface area (Å²) >= 11 is 0. The second kappa shape index (κ2) is 6.74. The van der Waals surface area contributed by atoms with Crippen LogP contribution in [0.2, 0.25) is 0 Å². The molecule has 2 aromatic rings. The highest BCUT2D eigenvalue weighted by Gasteiger charge is 2.29. The van der Waals surface area contributed by atoms with E-state index in [9.17, 15) is 14.4 Å². The van der Waals surface area contributed by atoms with E-state index in [2.05, 4.69) is 0 Å². The van der Waals surface area contributed by atoms with Crippen molar-refractivity contribution >= 4 is 11.9 Å². The van der Waals surface area contributed by atoms with Gasteiger partial charge in [-0.15, -0.1) is 0 Å². The van der Waals surface area contributed by atoms with Gasteiger partial charge in [0.05, 0.1) is 12.5 Å². The van der Waals surface area contributed by atoms with Crippen LogP contribution in [0.25, 0.3) is 0 Å². The molecule has 7 nitrogen and oxygen atoms in total. The first-order chi connectivity index (χ1) is 11.5. The Kier molecular flexibility index (Phi) is 4.50. The maximum atomic E-state index is 12.5. The fourth-order valence-electron chi connectivity index (χ4n) is 2.86. The van der Waals surface area contributed by atoms with Gasteiger partial charge in [0.25, 0.3) is 11.5 Å². The van der Waals surface area contributed by atoms with Crippen LogP contribution in [-0.2, 0) is 11.3 Å². The Morgan fingerprint density at radius 1 is 1.25 bits per heavy atom. The molecule has 1 atom stereocenters. The van der Waals surface area contributed by atoms with Crippen LogP contribution in [0.3, 0.4) is 0 Å². The number of piperidine rings is 1. The predicted octanol–water partition coefficient (Wildman–Crippen LogP) is 1.43. The summed E-state index contributed by atoms with van der Waals surface area (Å²) in [4.78, 5) is 36.8. The lowest BCUT2D eigenvalue weighted by Gasteiger charge is -2.29. The van der Waals surface area contributed by atoms with Gasteiger partial charge in [-0.25, -0.2) is 0 Å². The summed E-state index contributed by atoms with van der Waals surface area (Å²) < 4.78 is 7.04. The van der Waals surface area contributed by atoms with Gasteiger partial charge in [-0.3, -0.25) is 14.4 Å². The highest BCUT2D eigenvalue weighted by molar-refractivity contribution is 5.92. The van der Waals surface area contributed by atoms with E-state index in [0.717, 1.165) is 0 Å². The number of pyridine rings is 1. The second-order valence-corrected chi connectivity index (χ2v) is 5.86. The number of hydrogen-bond acceptors (Lipinski definition) is 4. The zero-order valence-electron chi connectivity index (χ0n) is 13.1. The molecule has 1 aliphatic heterocycles. The Hall–Kier alpha value is -2.83. The summed E-state index contributed by atoms with van der Waals surface area (Å²) in [6.07, 6.45) is 2.89. The molecule has 0 saturated carbocycles.